The Morgan fingerprint density at radius 1 is 1.36 bits per heavy atom. The fourth-order valence-electron chi connectivity index (χ4n) is 1.85. The fraction of sp³-hybridized carbons (Fsp3) is 0.312. The van der Waals surface area contributed by atoms with Crippen LogP contribution in [0.3, 0.4) is 0 Å². The molecule has 0 aliphatic carbocycles. The van der Waals surface area contributed by atoms with Gasteiger partial charge in [0.2, 0.25) is 5.91 Å². The lowest BCUT2D eigenvalue weighted by molar-refractivity contribution is -0.120. The molecule has 9 heteroatoms. The SMILES string of the molecule is CC(C)NC(=O)CNC(=O)c1cc(COc2ccc(F)cc2Cl)on1. The van der Waals surface area contributed by atoms with Crippen LogP contribution in [0.4, 0.5) is 4.39 Å². The Hall–Kier alpha value is -2.61. The lowest BCUT2D eigenvalue weighted by Crippen LogP contribution is -2.39. The zero-order chi connectivity index (χ0) is 18.4. The van der Waals surface area contributed by atoms with Crippen molar-refractivity contribution in [2.75, 3.05) is 6.54 Å². The van der Waals surface area contributed by atoms with E-state index in [1.165, 1.54) is 18.2 Å². The zero-order valence-electron chi connectivity index (χ0n) is 13.6. The molecule has 1 heterocycles. The summed E-state index contributed by atoms with van der Waals surface area (Å²) in [6.45, 7) is 3.42. The molecule has 2 aromatic rings. The van der Waals surface area contributed by atoms with Crippen LogP contribution in [-0.2, 0) is 11.4 Å². The van der Waals surface area contributed by atoms with Gasteiger partial charge < -0.3 is 19.9 Å². The highest BCUT2D eigenvalue weighted by molar-refractivity contribution is 6.32. The summed E-state index contributed by atoms with van der Waals surface area (Å²) >= 11 is 5.84. The highest BCUT2D eigenvalue weighted by Crippen LogP contribution is 2.25. The molecular formula is C16H17ClFN3O4. The van der Waals surface area contributed by atoms with Crippen molar-refractivity contribution in [3.05, 3.63) is 46.6 Å². The molecule has 0 aliphatic heterocycles. The minimum Gasteiger partial charge on any atom is -0.484 e. The Morgan fingerprint density at radius 2 is 2.12 bits per heavy atom. The summed E-state index contributed by atoms with van der Waals surface area (Å²) in [5.41, 5.74) is 0.0150. The number of carbonyl (C=O) groups excluding carboxylic acids is 2. The van der Waals surface area contributed by atoms with Crippen LogP contribution < -0.4 is 15.4 Å². The average Bonchev–Trinajstić information content (AvgIpc) is 3.00. The van der Waals surface area contributed by atoms with Crippen molar-refractivity contribution < 1.29 is 23.2 Å². The molecule has 2 N–H and O–H groups in total. The first kappa shape index (κ1) is 18.7. The molecule has 0 radical (unpaired) electrons. The number of aromatic nitrogens is 1. The Labute approximate surface area is 148 Å². The van der Waals surface area contributed by atoms with E-state index in [2.05, 4.69) is 15.8 Å². The Morgan fingerprint density at radius 3 is 2.80 bits per heavy atom. The smallest absolute Gasteiger partial charge is 0.273 e. The second-order valence-corrected chi connectivity index (χ2v) is 5.85. The average molecular weight is 370 g/mol. The zero-order valence-corrected chi connectivity index (χ0v) is 14.4. The van der Waals surface area contributed by atoms with Crippen LogP contribution >= 0.6 is 11.6 Å². The van der Waals surface area contributed by atoms with Gasteiger partial charge in [0.05, 0.1) is 11.6 Å². The molecule has 7 nitrogen and oxygen atoms in total. The van der Waals surface area contributed by atoms with E-state index in [0.717, 1.165) is 6.07 Å². The molecule has 1 aromatic carbocycles. The number of amides is 2. The van der Waals surface area contributed by atoms with Crippen LogP contribution in [0.5, 0.6) is 5.75 Å². The molecule has 1 aromatic heterocycles. The van der Waals surface area contributed by atoms with Crippen molar-refractivity contribution in [2.45, 2.75) is 26.5 Å². The first-order valence-corrected chi connectivity index (χ1v) is 7.84. The maximum absolute atomic E-state index is 13.0. The van der Waals surface area contributed by atoms with Crippen LogP contribution in [0.15, 0.2) is 28.8 Å². The van der Waals surface area contributed by atoms with Crippen LogP contribution in [0.2, 0.25) is 5.02 Å². The van der Waals surface area contributed by atoms with E-state index in [1.807, 2.05) is 13.8 Å². The van der Waals surface area contributed by atoms with Gasteiger partial charge in [-0.05, 0) is 32.0 Å². The summed E-state index contributed by atoms with van der Waals surface area (Å²) in [4.78, 5) is 23.4. The maximum atomic E-state index is 13.0. The van der Waals surface area contributed by atoms with Gasteiger partial charge >= 0.3 is 0 Å². The standard InChI is InChI=1S/C16H17ClFN3O4/c1-9(2)20-15(22)7-19-16(23)13-6-11(25-21-13)8-24-14-4-3-10(18)5-12(14)17/h3-6,9H,7-8H2,1-2H3,(H,19,23)(H,20,22). The van der Waals surface area contributed by atoms with Gasteiger partial charge in [-0.2, -0.15) is 0 Å². The fourth-order valence-corrected chi connectivity index (χ4v) is 2.08. The summed E-state index contributed by atoms with van der Waals surface area (Å²) in [6, 6.07) is 5.09. The molecule has 0 spiro atoms. The number of carbonyl (C=O) groups is 2. The van der Waals surface area contributed by atoms with Gasteiger partial charge in [0, 0.05) is 12.1 Å². The van der Waals surface area contributed by atoms with Crippen molar-refractivity contribution >= 4 is 23.4 Å². The molecular weight excluding hydrogens is 353 g/mol. The monoisotopic (exact) mass is 369 g/mol. The molecule has 0 aliphatic rings. The van der Waals surface area contributed by atoms with Gasteiger partial charge in [-0.15, -0.1) is 0 Å². The second-order valence-electron chi connectivity index (χ2n) is 5.45. The topological polar surface area (TPSA) is 93.5 Å². The molecule has 0 saturated heterocycles. The van der Waals surface area contributed by atoms with E-state index >= 15 is 0 Å². The number of benzene rings is 1. The summed E-state index contributed by atoms with van der Waals surface area (Å²) < 4.78 is 23.3. The third kappa shape index (κ3) is 5.75. The number of nitrogens with one attached hydrogen (secondary N) is 2. The largest absolute Gasteiger partial charge is 0.484 e. The number of nitrogens with zero attached hydrogens (tertiary/aromatic N) is 1. The van der Waals surface area contributed by atoms with Gasteiger partial charge in [0.1, 0.15) is 18.2 Å². The molecule has 0 fully saturated rings. The molecule has 25 heavy (non-hydrogen) atoms. The quantitative estimate of drug-likeness (QED) is 0.781. The van der Waals surface area contributed by atoms with Gasteiger partial charge in [-0.3, -0.25) is 9.59 Å². The van der Waals surface area contributed by atoms with Crippen molar-refractivity contribution in [1.29, 1.82) is 0 Å². The van der Waals surface area contributed by atoms with E-state index < -0.39 is 11.7 Å². The number of ether oxygens (including phenoxy) is 1. The molecule has 0 saturated carbocycles. The Balaban J connectivity index is 1.86. The van der Waals surface area contributed by atoms with Gasteiger partial charge in [0.25, 0.3) is 5.91 Å². The third-order valence-electron chi connectivity index (χ3n) is 2.91. The number of halogens is 2. The van der Waals surface area contributed by atoms with Crippen LogP contribution in [0.25, 0.3) is 0 Å². The van der Waals surface area contributed by atoms with Crippen LogP contribution in [-0.4, -0.2) is 29.6 Å². The molecule has 2 amide bonds. The van der Waals surface area contributed by atoms with E-state index in [1.54, 1.807) is 0 Å². The summed E-state index contributed by atoms with van der Waals surface area (Å²) in [5, 5.41) is 8.81. The predicted molar refractivity (Wildman–Crippen MR) is 87.9 cm³/mol. The molecule has 134 valence electrons. The normalized spacial score (nSPS) is 10.6. The molecule has 0 atom stereocenters. The lowest BCUT2D eigenvalue weighted by atomic mass is 10.3. The van der Waals surface area contributed by atoms with E-state index in [4.69, 9.17) is 20.9 Å². The van der Waals surface area contributed by atoms with E-state index in [9.17, 15) is 14.0 Å². The second kappa shape index (κ2) is 8.48. The maximum Gasteiger partial charge on any atom is 0.273 e. The van der Waals surface area contributed by atoms with Crippen molar-refractivity contribution in [3.8, 4) is 5.75 Å². The lowest BCUT2D eigenvalue weighted by Gasteiger charge is -2.08. The highest BCUT2D eigenvalue weighted by Gasteiger charge is 2.14. The van der Waals surface area contributed by atoms with Crippen LogP contribution in [0, 0.1) is 5.82 Å². The minimum atomic E-state index is -0.547. The predicted octanol–water partition coefficient (Wildman–Crippen LogP) is 2.30. The summed E-state index contributed by atoms with van der Waals surface area (Å²) in [7, 11) is 0. The van der Waals surface area contributed by atoms with Gasteiger partial charge in [-0.1, -0.05) is 16.8 Å². The van der Waals surface area contributed by atoms with Crippen molar-refractivity contribution in [3.63, 3.8) is 0 Å². The van der Waals surface area contributed by atoms with E-state index in [0.29, 0.717) is 0 Å². The first-order valence-electron chi connectivity index (χ1n) is 7.46. The highest BCUT2D eigenvalue weighted by atomic mass is 35.5. The van der Waals surface area contributed by atoms with Crippen LogP contribution in [0.1, 0.15) is 30.1 Å². The molecule has 0 bridgehead atoms. The molecule has 2 rings (SSSR count). The Kier molecular flexibility index (Phi) is 6.35. The number of rotatable bonds is 7. The van der Waals surface area contributed by atoms with Crippen molar-refractivity contribution in [1.82, 2.24) is 15.8 Å². The summed E-state index contributed by atoms with van der Waals surface area (Å²) in [5.74, 6) is -0.777. The first-order chi connectivity index (χ1) is 11.8. The van der Waals surface area contributed by atoms with Gasteiger partial charge in [0.15, 0.2) is 11.5 Å². The number of hydrogen-bond acceptors (Lipinski definition) is 5. The minimum absolute atomic E-state index is 0.0150. The molecule has 0 unspecified atom stereocenters. The third-order valence-corrected chi connectivity index (χ3v) is 3.21. The van der Waals surface area contributed by atoms with E-state index in [-0.39, 0.29) is 47.3 Å². The summed E-state index contributed by atoms with van der Waals surface area (Å²) in [6.07, 6.45) is 0. The Bertz CT molecular complexity index is 764. The van der Waals surface area contributed by atoms with Gasteiger partial charge in [-0.25, -0.2) is 4.39 Å². The number of hydrogen-bond donors (Lipinski definition) is 2. The van der Waals surface area contributed by atoms with Crippen molar-refractivity contribution in [2.24, 2.45) is 0 Å².